The van der Waals surface area contributed by atoms with Gasteiger partial charge in [-0.2, -0.15) is 0 Å². The van der Waals surface area contributed by atoms with Gasteiger partial charge >= 0.3 is 5.63 Å². The molecule has 1 aromatic carbocycles. The fourth-order valence-electron chi connectivity index (χ4n) is 1.78. The lowest BCUT2D eigenvalue weighted by molar-refractivity contribution is 0.369. The average Bonchev–Trinajstić information content (AvgIpc) is 2.46. The Labute approximate surface area is 123 Å². The summed E-state index contributed by atoms with van der Waals surface area (Å²) in [6.07, 6.45) is 1.83. The molecule has 21 heavy (non-hydrogen) atoms. The van der Waals surface area contributed by atoms with Gasteiger partial charge in [-0.15, -0.1) is 6.58 Å². The zero-order chi connectivity index (χ0) is 15.1. The van der Waals surface area contributed by atoms with Crippen LogP contribution in [0.2, 0.25) is 0 Å². The van der Waals surface area contributed by atoms with Crippen LogP contribution in [0, 0.1) is 11.8 Å². The van der Waals surface area contributed by atoms with Gasteiger partial charge in [0.2, 0.25) is 0 Å². The van der Waals surface area contributed by atoms with E-state index in [0.29, 0.717) is 24.5 Å². The molecule has 0 fully saturated rings. The summed E-state index contributed by atoms with van der Waals surface area (Å²) in [5.74, 6) is 6.59. The summed E-state index contributed by atoms with van der Waals surface area (Å²) in [6, 6.07) is 8.49. The molecule has 2 rings (SSSR count). The van der Waals surface area contributed by atoms with E-state index in [1.165, 1.54) is 6.07 Å². The van der Waals surface area contributed by atoms with Gasteiger partial charge in [-0.1, -0.05) is 17.9 Å². The largest absolute Gasteiger partial charge is 0.481 e. The number of benzene rings is 1. The van der Waals surface area contributed by atoms with Crippen LogP contribution in [0.4, 0.5) is 0 Å². The second-order valence-corrected chi connectivity index (χ2v) is 4.58. The summed E-state index contributed by atoms with van der Waals surface area (Å²) in [4.78, 5) is 13.2. The first-order chi connectivity index (χ1) is 10.2. The molecule has 0 amide bonds. The van der Waals surface area contributed by atoms with Gasteiger partial charge in [-0.3, -0.25) is 4.90 Å². The molecule has 1 heterocycles. The van der Waals surface area contributed by atoms with Crippen LogP contribution >= 0.6 is 0 Å². The summed E-state index contributed by atoms with van der Waals surface area (Å²) in [5.41, 5.74) is 0.142. The monoisotopic (exact) mass is 283 g/mol. The molecular weight excluding hydrogens is 266 g/mol. The Morgan fingerprint density at radius 1 is 1.33 bits per heavy atom. The van der Waals surface area contributed by atoms with Crippen molar-refractivity contribution in [1.82, 2.24) is 4.90 Å². The molecule has 0 atom stereocenters. The Balaban J connectivity index is 1.93. The summed E-state index contributed by atoms with van der Waals surface area (Å²) in [6.45, 7) is 5.44. The van der Waals surface area contributed by atoms with Crippen LogP contribution in [0.1, 0.15) is 0 Å². The molecule has 0 radical (unpaired) electrons. The first-order valence-corrected chi connectivity index (χ1v) is 6.61. The van der Waals surface area contributed by atoms with E-state index in [1.807, 2.05) is 30.2 Å². The van der Waals surface area contributed by atoms with Gasteiger partial charge < -0.3 is 9.15 Å². The lowest BCUT2D eigenvalue weighted by Crippen LogP contribution is -2.18. The van der Waals surface area contributed by atoms with Crippen molar-refractivity contribution < 1.29 is 9.15 Å². The molecule has 0 saturated heterocycles. The maximum Gasteiger partial charge on any atom is 0.336 e. The van der Waals surface area contributed by atoms with Gasteiger partial charge in [0.15, 0.2) is 0 Å². The van der Waals surface area contributed by atoms with Gasteiger partial charge in [-0.25, -0.2) is 4.79 Å². The average molecular weight is 283 g/mol. The van der Waals surface area contributed by atoms with Gasteiger partial charge in [0, 0.05) is 24.1 Å². The van der Waals surface area contributed by atoms with E-state index in [4.69, 9.17) is 9.15 Å². The Morgan fingerprint density at radius 2 is 2.14 bits per heavy atom. The summed E-state index contributed by atoms with van der Waals surface area (Å²) >= 11 is 0. The third-order valence-electron chi connectivity index (χ3n) is 2.82. The Kier molecular flexibility index (Phi) is 5.19. The zero-order valence-electron chi connectivity index (χ0n) is 12.0. The van der Waals surface area contributed by atoms with Crippen molar-refractivity contribution in [3.8, 4) is 17.6 Å². The fraction of sp³-hybridized carbons (Fsp3) is 0.235. The van der Waals surface area contributed by atoms with Crippen LogP contribution in [0.5, 0.6) is 5.75 Å². The quantitative estimate of drug-likeness (QED) is 0.480. The maximum atomic E-state index is 11.2. The molecule has 0 aliphatic heterocycles. The van der Waals surface area contributed by atoms with E-state index in [0.717, 1.165) is 11.9 Å². The first-order valence-electron chi connectivity index (χ1n) is 6.61. The van der Waals surface area contributed by atoms with Crippen molar-refractivity contribution in [2.24, 2.45) is 0 Å². The molecule has 0 N–H and O–H groups in total. The fourth-order valence-corrected chi connectivity index (χ4v) is 1.78. The Bertz CT molecular complexity index is 737. The lowest BCUT2D eigenvalue weighted by Gasteiger charge is -2.08. The number of rotatable bonds is 5. The number of likely N-dealkylation sites (N-methyl/N-ethyl adjacent to an activating group) is 1. The highest BCUT2D eigenvalue weighted by molar-refractivity contribution is 5.77. The van der Waals surface area contributed by atoms with Crippen molar-refractivity contribution >= 4 is 11.0 Å². The second kappa shape index (κ2) is 7.32. The molecular formula is C17H17NO3. The smallest absolute Gasteiger partial charge is 0.336 e. The molecule has 2 aromatic rings. The Hall–Kier alpha value is -2.51. The van der Waals surface area contributed by atoms with Gasteiger partial charge in [0.1, 0.15) is 17.9 Å². The summed E-state index contributed by atoms with van der Waals surface area (Å²) in [5, 5.41) is 0.860. The molecule has 0 unspecified atom stereocenters. The van der Waals surface area contributed by atoms with Gasteiger partial charge in [0.25, 0.3) is 0 Å². The Morgan fingerprint density at radius 3 is 2.95 bits per heavy atom. The molecule has 4 nitrogen and oxygen atoms in total. The first kappa shape index (κ1) is 14.9. The summed E-state index contributed by atoms with van der Waals surface area (Å²) < 4.78 is 10.6. The van der Waals surface area contributed by atoms with Crippen molar-refractivity contribution in [2.75, 3.05) is 26.7 Å². The highest BCUT2D eigenvalue weighted by Crippen LogP contribution is 2.19. The molecule has 0 bridgehead atoms. The van der Waals surface area contributed by atoms with Gasteiger partial charge in [0.05, 0.1) is 6.54 Å². The SMILES string of the molecule is C=CCN(C)CC#CCOc1ccc2ccc(=O)oc2c1. The van der Waals surface area contributed by atoms with E-state index in [-0.39, 0.29) is 5.63 Å². The molecule has 108 valence electrons. The maximum absolute atomic E-state index is 11.2. The molecule has 0 saturated carbocycles. The van der Waals surface area contributed by atoms with Crippen LogP contribution in [-0.4, -0.2) is 31.6 Å². The molecule has 4 heteroatoms. The number of hydrogen-bond acceptors (Lipinski definition) is 4. The lowest BCUT2D eigenvalue weighted by atomic mass is 10.2. The van der Waals surface area contributed by atoms with E-state index >= 15 is 0 Å². The number of ether oxygens (including phenoxy) is 1. The highest BCUT2D eigenvalue weighted by Gasteiger charge is 1.99. The van der Waals surface area contributed by atoms with Crippen LogP contribution in [-0.2, 0) is 0 Å². The van der Waals surface area contributed by atoms with Crippen molar-refractivity contribution in [1.29, 1.82) is 0 Å². The van der Waals surface area contributed by atoms with E-state index in [2.05, 4.69) is 18.4 Å². The predicted octanol–water partition coefficient (Wildman–Crippen LogP) is 2.29. The van der Waals surface area contributed by atoms with Gasteiger partial charge in [-0.05, 0) is 25.2 Å². The summed E-state index contributed by atoms with van der Waals surface area (Å²) in [7, 11) is 1.97. The molecule has 0 aliphatic rings. The molecule has 0 aliphatic carbocycles. The number of fused-ring (bicyclic) bond motifs is 1. The molecule has 0 spiro atoms. The van der Waals surface area contributed by atoms with Crippen LogP contribution in [0.25, 0.3) is 11.0 Å². The normalized spacial score (nSPS) is 10.2. The van der Waals surface area contributed by atoms with Crippen molar-refractivity contribution in [3.63, 3.8) is 0 Å². The zero-order valence-corrected chi connectivity index (χ0v) is 12.0. The second-order valence-electron chi connectivity index (χ2n) is 4.58. The highest BCUT2D eigenvalue weighted by atomic mass is 16.5. The minimum atomic E-state index is -0.371. The van der Waals surface area contributed by atoms with E-state index in [9.17, 15) is 4.79 Å². The number of nitrogens with zero attached hydrogens (tertiary/aromatic N) is 1. The molecule has 1 aromatic heterocycles. The van der Waals surface area contributed by atoms with E-state index in [1.54, 1.807) is 12.1 Å². The minimum Gasteiger partial charge on any atom is -0.481 e. The minimum absolute atomic E-state index is 0.296. The van der Waals surface area contributed by atoms with Crippen molar-refractivity contribution in [3.05, 3.63) is 53.4 Å². The topological polar surface area (TPSA) is 42.7 Å². The standard InChI is InChI=1S/C17H17NO3/c1-3-10-18(2)11-4-5-12-20-15-8-6-14-7-9-17(19)21-16(14)13-15/h3,6-9,13H,1,10-12H2,2H3. The van der Waals surface area contributed by atoms with E-state index < -0.39 is 0 Å². The van der Waals surface area contributed by atoms with Crippen LogP contribution < -0.4 is 10.4 Å². The third kappa shape index (κ3) is 4.51. The third-order valence-corrected chi connectivity index (χ3v) is 2.82. The number of hydrogen-bond donors (Lipinski definition) is 0. The predicted molar refractivity (Wildman–Crippen MR) is 83.4 cm³/mol. The van der Waals surface area contributed by atoms with Crippen LogP contribution in [0.3, 0.4) is 0 Å². The van der Waals surface area contributed by atoms with Crippen molar-refractivity contribution in [2.45, 2.75) is 0 Å². The van der Waals surface area contributed by atoms with Crippen LogP contribution in [0.15, 0.2) is 52.2 Å².